The summed E-state index contributed by atoms with van der Waals surface area (Å²) in [5, 5.41) is 3.68. The summed E-state index contributed by atoms with van der Waals surface area (Å²) >= 11 is 0. The molecule has 1 N–H and O–H groups in total. The molecule has 3 rings (SSSR count). The van der Waals surface area contributed by atoms with Gasteiger partial charge in [0.25, 0.3) is 0 Å². The summed E-state index contributed by atoms with van der Waals surface area (Å²) in [4.78, 5) is 2.64. The number of likely N-dealkylation sites (tertiary alicyclic amines) is 1. The number of hydrogen-bond donors (Lipinski definition) is 1. The lowest BCUT2D eigenvalue weighted by molar-refractivity contribution is 0.145. The summed E-state index contributed by atoms with van der Waals surface area (Å²) in [5.41, 5.74) is 1.46. The number of rotatable bonds is 3. The molecule has 2 nitrogen and oxygen atoms in total. The predicted octanol–water partition coefficient (Wildman–Crippen LogP) is 2.65. The molecular weight excluding hydrogens is 220 g/mol. The van der Waals surface area contributed by atoms with Gasteiger partial charge in [-0.1, -0.05) is 30.3 Å². The van der Waals surface area contributed by atoms with Gasteiger partial charge in [0.05, 0.1) is 0 Å². The second-order valence-electron chi connectivity index (χ2n) is 5.83. The molecule has 18 heavy (non-hydrogen) atoms. The topological polar surface area (TPSA) is 15.3 Å². The largest absolute Gasteiger partial charge is 0.314 e. The molecule has 98 valence electrons. The highest BCUT2D eigenvalue weighted by atomic mass is 15.1. The highest BCUT2D eigenvalue weighted by Gasteiger charge is 2.28. The van der Waals surface area contributed by atoms with Crippen molar-refractivity contribution in [3.63, 3.8) is 0 Å². The van der Waals surface area contributed by atoms with E-state index in [-0.39, 0.29) is 0 Å². The SMILES string of the molecule is c1ccc(CN2CCCC(C3CCCN3)C2)cc1. The van der Waals surface area contributed by atoms with Crippen molar-refractivity contribution in [2.75, 3.05) is 19.6 Å². The Hall–Kier alpha value is -0.860. The van der Waals surface area contributed by atoms with Gasteiger partial charge < -0.3 is 5.32 Å². The maximum absolute atomic E-state index is 3.68. The Balaban J connectivity index is 1.56. The van der Waals surface area contributed by atoms with Crippen LogP contribution in [0.1, 0.15) is 31.2 Å². The molecule has 0 amide bonds. The van der Waals surface area contributed by atoms with E-state index in [0.717, 1.165) is 18.5 Å². The van der Waals surface area contributed by atoms with Crippen LogP contribution in [0.5, 0.6) is 0 Å². The zero-order valence-corrected chi connectivity index (χ0v) is 11.1. The Bertz CT molecular complexity index is 357. The molecule has 2 saturated heterocycles. The van der Waals surface area contributed by atoms with Crippen LogP contribution in [0.25, 0.3) is 0 Å². The number of piperidine rings is 1. The summed E-state index contributed by atoms with van der Waals surface area (Å²) in [7, 11) is 0. The van der Waals surface area contributed by atoms with Crippen molar-refractivity contribution in [2.45, 2.75) is 38.3 Å². The zero-order valence-electron chi connectivity index (χ0n) is 11.1. The molecule has 2 unspecified atom stereocenters. The van der Waals surface area contributed by atoms with E-state index < -0.39 is 0 Å². The molecule has 2 aliphatic heterocycles. The average molecular weight is 244 g/mol. The molecule has 0 aromatic heterocycles. The van der Waals surface area contributed by atoms with E-state index in [9.17, 15) is 0 Å². The third kappa shape index (κ3) is 2.93. The lowest BCUT2D eigenvalue weighted by atomic mass is 9.89. The normalized spacial score (nSPS) is 29.6. The van der Waals surface area contributed by atoms with Crippen molar-refractivity contribution in [3.8, 4) is 0 Å². The number of hydrogen-bond acceptors (Lipinski definition) is 2. The van der Waals surface area contributed by atoms with Crippen LogP contribution in [-0.4, -0.2) is 30.6 Å². The van der Waals surface area contributed by atoms with Gasteiger partial charge in [-0.2, -0.15) is 0 Å². The Labute approximate surface area is 110 Å². The molecular formula is C16H24N2. The second kappa shape index (κ2) is 5.85. The molecule has 2 heteroatoms. The number of nitrogens with one attached hydrogen (secondary N) is 1. The van der Waals surface area contributed by atoms with Gasteiger partial charge >= 0.3 is 0 Å². The van der Waals surface area contributed by atoms with Crippen molar-refractivity contribution >= 4 is 0 Å². The maximum Gasteiger partial charge on any atom is 0.0233 e. The summed E-state index contributed by atoms with van der Waals surface area (Å²) in [6.07, 6.45) is 5.56. The smallest absolute Gasteiger partial charge is 0.0233 e. The minimum Gasteiger partial charge on any atom is -0.314 e. The van der Waals surface area contributed by atoms with E-state index in [1.807, 2.05) is 0 Å². The monoisotopic (exact) mass is 244 g/mol. The highest BCUT2D eigenvalue weighted by molar-refractivity contribution is 5.14. The van der Waals surface area contributed by atoms with Crippen LogP contribution in [-0.2, 0) is 6.54 Å². The first-order chi connectivity index (χ1) is 8.92. The summed E-state index contributed by atoms with van der Waals surface area (Å²) in [6, 6.07) is 11.7. The van der Waals surface area contributed by atoms with Gasteiger partial charge in [-0.05, 0) is 50.3 Å². The number of nitrogens with zero attached hydrogens (tertiary/aromatic N) is 1. The van der Waals surface area contributed by atoms with Crippen LogP contribution < -0.4 is 5.32 Å². The number of benzene rings is 1. The molecule has 2 aliphatic rings. The quantitative estimate of drug-likeness (QED) is 0.879. The average Bonchev–Trinajstić information content (AvgIpc) is 2.94. The Morgan fingerprint density at radius 3 is 2.78 bits per heavy atom. The van der Waals surface area contributed by atoms with Crippen molar-refractivity contribution in [1.29, 1.82) is 0 Å². The van der Waals surface area contributed by atoms with Crippen molar-refractivity contribution in [3.05, 3.63) is 35.9 Å². The van der Waals surface area contributed by atoms with Crippen LogP contribution in [0.2, 0.25) is 0 Å². The first-order valence-corrected chi connectivity index (χ1v) is 7.41. The predicted molar refractivity (Wildman–Crippen MR) is 75.5 cm³/mol. The molecule has 2 heterocycles. The van der Waals surface area contributed by atoms with Crippen LogP contribution >= 0.6 is 0 Å². The molecule has 2 atom stereocenters. The van der Waals surface area contributed by atoms with Gasteiger partial charge in [-0.3, -0.25) is 4.90 Å². The molecule has 1 aromatic rings. The van der Waals surface area contributed by atoms with Crippen LogP contribution in [0.15, 0.2) is 30.3 Å². The summed E-state index contributed by atoms with van der Waals surface area (Å²) < 4.78 is 0. The Morgan fingerprint density at radius 1 is 1.11 bits per heavy atom. The molecule has 2 fully saturated rings. The highest BCUT2D eigenvalue weighted by Crippen LogP contribution is 2.25. The Kier molecular flexibility index (Phi) is 3.96. The van der Waals surface area contributed by atoms with Crippen LogP contribution in [0.4, 0.5) is 0 Å². The third-order valence-electron chi connectivity index (χ3n) is 4.46. The Morgan fingerprint density at radius 2 is 2.00 bits per heavy atom. The first-order valence-electron chi connectivity index (χ1n) is 7.41. The van der Waals surface area contributed by atoms with E-state index in [0.29, 0.717) is 0 Å². The van der Waals surface area contributed by atoms with Gasteiger partial charge in [0.15, 0.2) is 0 Å². The van der Waals surface area contributed by atoms with Gasteiger partial charge in [0.1, 0.15) is 0 Å². The molecule has 0 saturated carbocycles. The fraction of sp³-hybridized carbons (Fsp3) is 0.625. The summed E-state index contributed by atoms with van der Waals surface area (Å²) in [6.45, 7) is 4.93. The minimum atomic E-state index is 0.795. The van der Waals surface area contributed by atoms with Crippen molar-refractivity contribution < 1.29 is 0 Å². The third-order valence-corrected chi connectivity index (χ3v) is 4.46. The van der Waals surface area contributed by atoms with Gasteiger partial charge in [0.2, 0.25) is 0 Å². The lowest BCUT2D eigenvalue weighted by Crippen LogP contribution is -2.43. The fourth-order valence-electron chi connectivity index (χ4n) is 3.52. The van der Waals surface area contributed by atoms with Crippen LogP contribution in [0.3, 0.4) is 0 Å². The van der Waals surface area contributed by atoms with Crippen molar-refractivity contribution in [1.82, 2.24) is 10.2 Å². The maximum atomic E-state index is 3.68. The molecule has 0 spiro atoms. The van der Waals surface area contributed by atoms with E-state index in [4.69, 9.17) is 0 Å². The summed E-state index contributed by atoms with van der Waals surface area (Å²) in [5.74, 6) is 0.880. The standard InChI is InChI=1S/C16H24N2/c1-2-6-14(7-3-1)12-18-11-5-8-15(13-18)16-9-4-10-17-16/h1-3,6-7,15-17H,4-5,8-13H2. The molecule has 0 bridgehead atoms. The van der Waals surface area contributed by atoms with Gasteiger partial charge in [-0.25, -0.2) is 0 Å². The van der Waals surface area contributed by atoms with Gasteiger partial charge in [-0.15, -0.1) is 0 Å². The van der Waals surface area contributed by atoms with E-state index >= 15 is 0 Å². The molecule has 0 radical (unpaired) electrons. The van der Waals surface area contributed by atoms with Gasteiger partial charge in [0, 0.05) is 19.1 Å². The van der Waals surface area contributed by atoms with E-state index in [2.05, 4.69) is 40.5 Å². The van der Waals surface area contributed by atoms with E-state index in [1.165, 1.54) is 50.9 Å². The zero-order chi connectivity index (χ0) is 12.2. The second-order valence-corrected chi connectivity index (χ2v) is 5.83. The molecule has 0 aliphatic carbocycles. The lowest BCUT2D eigenvalue weighted by Gasteiger charge is -2.35. The van der Waals surface area contributed by atoms with Crippen LogP contribution in [0, 0.1) is 5.92 Å². The fourth-order valence-corrected chi connectivity index (χ4v) is 3.52. The minimum absolute atomic E-state index is 0.795. The molecule has 1 aromatic carbocycles. The van der Waals surface area contributed by atoms with E-state index in [1.54, 1.807) is 0 Å². The van der Waals surface area contributed by atoms with Crippen molar-refractivity contribution in [2.24, 2.45) is 5.92 Å². The first kappa shape index (κ1) is 12.2.